The first-order chi connectivity index (χ1) is 12.1. The topological polar surface area (TPSA) is 77.0 Å². The number of carbonyl (C=O) groups is 1. The van der Waals surface area contributed by atoms with E-state index in [1.165, 1.54) is 0 Å². The van der Waals surface area contributed by atoms with Crippen molar-refractivity contribution < 1.29 is 4.79 Å². The monoisotopic (exact) mass is 355 g/mol. The van der Waals surface area contributed by atoms with Gasteiger partial charge in [0.1, 0.15) is 0 Å². The van der Waals surface area contributed by atoms with Crippen LogP contribution >= 0.6 is 11.3 Å². The maximum atomic E-state index is 12.6. The molecule has 1 aliphatic rings. The molecule has 3 aromatic rings. The van der Waals surface area contributed by atoms with Gasteiger partial charge >= 0.3 is 0 Å². The summed E-state index contributed by atoms with van der Waals surface area (Å²) in [6.45, 7) is 1.56. The van der Waals surface area contributed by atoms with E-state index in [0.29, 0.717) is 12.2 Å². The van der Waals surface area contributed by atoms with Crippen LogP contribution in [0.15, 0.2) is 29.0 Å². The fourth-order valence-electron chi connectivity index (χ4n) is 3.52. The smallest absolute Gasteiger partial charge is 0.227 e. The molecule has 0 aliphatic carbocycles. The third kappa shape index (κ3) is 3.11. The Bertz CT molecular complexity index is 902. The Kier molecular flexibility index (Phi) is 4.17. The number of piperidine rings is 1. The molecule has 4 heterocycles. The van der Waals surface area contributed by atoms with E-state index in [9.17, 15) is 4.79 Å². The summed E-state index contributed by atoms with van der Waals surface area (Å²) in [5, 5.41) is 9.17. The van der Waals surface area contributed by atoms with E-state index in [4.69, 9.17) is 10.7 Å². The van der Waals surface area contributed by atoms with Gasteiger partial charge in [-0.25, -0.2) is 9.67 Å². The number of amides is 1. The highest BCUT2D eigenvalue weighted by atomic mass is 32.1. The first-order valence-corrected chi connectivity index (χ1v) is 9.44. The molecule has 0 spiro atoms. The number of hydrogen-bond donors (Lipinski definition) is 1. The lowest BCUT2D eigenvalue weighted by molar-refractivity contribution is -0.131. The molecule has 1 atom stereocenters. The molecule has 0 unspecified atom stereocenters. The van der Waals surface area contributed by atoms with E-state index in [2.05, 4.69) is 5.10 Å². The number of anilines is 1. The van der Waals surface area contributed by atoms with Crippen molar-refractivity contribution >= 4 is 34.1 Å². The van der Waals surface area contributed by atoms with Gasteiger partial charge in [0.15, 0.2) is 11.5 Å². The van der Waals surface area contributed by atoms with Gasteiger partial charge in [-0.3, -0.25) is 4.79 Å². The minimum atomic E-state index is 0.203. The Labute approximate surface area is 150 Å². The van der Waals surface area contributed by atoms with E-state index in [1.54, 1.807) is 16.0 Å². The molecule has 1 saturated heterocycles. The van der Waals surface area contributed by atoms with Crippen molar-refractivity contribution in [2.45, 2.75) is 25.2 Å². The number of aryl methyl sites for hydroxylation is 1. The maximum absolute atomic E-state index is 12.6. The molecule has 6 nitrogen and oxygen atoms in total. The van der Waals surface area contributed by atoms with Gasteiger partial charge in [-0.1, -0.05) is 0 Å². The van der Waals surface area contributed by atoms with Crippen molar-refractivity contribution in [1.29, 1.82) is 0 Å². The van der Waals surface area contributed by atoms with Crippen LogP contribution in [0.2, 0.25) is 0 Å². The number of hydrogen-bond acceptors (Lipinski definition) is 5. The number of likely N-dealkylation sites (tertiary alicyclic amines) is 1. The summed E-state index contributed by atoms with van der Waals surface area (Å²) in [5.74, 6) is 0.974. The zero-order valence-corrected chi connectivity index (χ0v) is 15.0. The Morgan fingerprint density at radius 1 is 1.40 bits per heavy atom. The maximum Gasteiger partial charge on any atom is 0.227 e. The first kappa shape index (κ1) is 16.1. The van der Waals surface area contributed by atoms with Crippen molar-refractivity contribution in [1.82, 2.24) is 19.7 Å². The Hall–Kier alpha value is -2.41. The Morgan fingerprint density at radius 3 is 3.08 bits per heavy atom. The van der Waals surface area contributed by atoms with Crippen LogP contribution in [0.5, 0.6) is 0 Å². The normalized spacial score (nSPS) is 18.0. The summed E-state index contributed by atoms with van der Waals surface area (Å²) in [5.41, 5.74) is 8.83. The van der Waals surface area contributed by atoms with Gasteiger partial charge in [-0.2, -0.15) is 16.4 Å². The van der Waals surface area contributed by atoms with Crippen LogP contribution in [0.3, 0.4) is 0 Å². The van der Waals surface area contributed by atoms with Crippen molar-refractivity contribution in [2.75, 3.05) is 18.8 Å². The van der Waals surface area contributed by atoms with Gasteiger partial charge in [0.2, 0.25) is 5.91 Å². The number of nitrogens with zero attached hydrogens (tertiary/aromatic N) is 4. The molecule has 7 heteroatoms. The quantitative estimate of drug-likeness (QED) is 0.783. The second kappa shape index (κ2) is 6.48. The number of rotatable bonds is 3. The fourth-order valence-corrected chi connectivity index (χ4v) is 4.19. The van der Waals surface area contributed by atoms with Gasteiger partial charge in [0.05, 0.1) is 11.8 Å². The van der Waals surface area contributed by atoms with Crippen LogP contribution in [-0.4, -0.2) is 38.7 Å². The minimum absolute atomic E-state index is 0.203. The summed E-state index contributed by atoms with van der Waals surface area (Å²) in [7, 11) is 1.85. The largest absolute Gasteiger partial charge is 0.382 e. The van der Waals surface area contributed by atoms with Crippen LogP contribution in [0.25, 0.3) is 11.0 Å². The molecule has 0 saturated carbocycles. The number of pyridine rings is 1. The average molecular weight is 355 g/mol. The summed E-state index contributed by atoms with van der Waals surface area (Å²) >= 11 is 1.63. The second-order valence-electron chi connectivity index (χ2n) is 6.60. The molecule has 4 rings (SSSR count). The van der Waals surface area contributed by atoms with Crippen LogP contribution < -0.4 is 5.73 Å². The summed E-state index contributed by atoms with van der Waals surface area (Å²) in [6.07, 6.45) is 2.54. The Balaban J connectivity index is 1.52. The Morgan fingerprint density at radius 2 is 2.28 bits per heavy atom. The highest BCUT2D eigenvalue weighted by molar-refractivity contribution is 7.08. The molecular formula is C18H21N5OS. The highest BCUT2D eigenvalue weighted by Gasteiger charge is 2.26. The predicted octanol–water partition coefficient (Wildman–Crippen LogP) is 2.56. The summed E-state index contributed by atoms with van der Waals surface area (Å²) in [4.78, 5) is 19.3. The second-order valence-corrected chi connectivity index (χ2v) is 7.38. The number of aromatic nitrogens is 3. The van der Waals surface area contributed by atoms with Crippen molar-refractivity contribution in [3.63, 3.8) is 0 Å². The predicted molar refractivity (Wildman–Crippen MR) is 99.5 cm³/mol. The standard InChI is InChI=1S/C18H21N5OS/c1-22-18-14(17(19)21-22)4-5-15(20-18)13-3-2-7-23(10-13)16(24)9-12-6-8-25-11-12/h4-6,8,11,13H,2-3,7,9-10H2,1H3,(H2,19,21)/t13-/m1/s1. The van der Waals surface area contributed by atoms with Crippen LogP contribution in [0, 0.1) is 0 Å². The van der Waals surface area contributed by atoms with Gasteiger partial charge in [0.25, 0.3) is 0 Å². The number of nitrogens with two attached hydrogens (primary N) is 1. The minimum Gasteiger partial charge on any atom is -0.382 e. The lowest BCUT2D eigenvalue weighted by atomic mass is 9.93. The average Bonchev–Trinajstić information content (AvgIpc) is 3.23. The molecule has 0 bridgehead atoms. The molecule has 130 valence electrons. The third-order valence-corrected chi connectivity index (χ3v) is 5.60. The molecule has 0 radical (unpaired) electrons. The van der Waals surface area contributed by atoms with Crippen LogP contribution in [0.4, 0.5) is 5.82 Å². The van der Waals surface area contributed by atoms with Gasteiger partial charge in [-0.15, -0.1) is 0 Å². The third-order valence-electron chi connectivity index (χ3n) is 4.86. The van der Waals surface area contributed by atoms with E-state index in [1.807, 2.05) is 40.9 Å². The molecule has 1 fully saturated rings. The summed E-state index contributed by atoms with van der Waals surface area (Å²) < 4.78 is 1.72. The zero-order chi connectivity index (χ0) is 17.4. The molecule has 3 aromatic heterocycles. The number of carbonyl (C=O) groups excluding carboxylic acids is 1. The SMILES string of the molecule is Cn1nc(N)c2ccc([C@@H]3CCCN(C(=O)Cc4ccsc4)C3)nc21. The molecule has 2 N–H and O–H groups in total. The summed E-state index contributed by atoms with van der Waals surface area (Å²) in [6, 6.07) is 6.04. The van der Waals surface area contributed by atoms with Crippen molar-refractivity contribution in [3.05, 3.63) is 40.2 Å². The van der Waals surface area contributed by atoms with Crippen molar-refractivity contribution in [3.8, 4) is 0 Å². The van der Waals surface area contributed by atoms with Crippen LogP contribution in [-0.2, 0) is 18.3 Å². The van der Waals surface area contributed by atoms with E-state index in [0.717, 1.165) is 48.2 Å². The van der Waals surface area contributed by atoms with E-state index >= 15 is 0 Å². The van der Waals surface area contributed by atoms with Crippen LogP contribution in [0.1, 0.15) is 30.0 Å². The molecule has 1 aliphatic heterocycles. The number of nitrogen functional groups attached to an aromatic ring is 1. The van der Waals surface area contributed by atoms with E-state index in [-0.39, 0.29) is 11.8 Å². The molecule has 1 amide bonds. The fraction of sp³-hybridized carbons (Fsp3) is 0.389. The lowest BCUT2D eigenvalue weighted by Crippen LogP contribution is -2.40. The van der Waals surface area contributed by atoms with Gasteiger partial charge < -0.3 is 10.6 Å². The molecular weight excluding hydrogens is 334 g/mol. The molecule has 25 heavy (non-hydrogen) atoms. The van der Waals surface area contributed by atoms with Gasteiger partial charge in [0, 0.05) is 31.7 Å². The van der Waals surface area contributed by atoms with Crippen molar-refractivity contribution in [2.24, 2.45) is 7.05 Å². The zero-order valence-electron chi connectivity index (χ0n) is 14.2. The first-order valence-electron chi connectivity index (χ1n) is 8.50. The van der Waals surface area contributed by atoms with E-state index < -0.39 is 0 Å². The highest BCUT2D eigenvalue weighted by Crippen LogP contribution is 2.28. The number of fused-ring (bicyclic) bond motifs is 1. The lowest BCUT2D eigenvalue weighted by Gasteiger charge is -2.32. The molecule has 0 aromatic carbocycles. The van der Waals surface area contributed by atoms with Gasteiger partial charge in [-0.05, 0) is 47.4 Å². The number of thiophene rings is 1.